The molecule has 24 heavy (non-hydrogen) atoms. The monoisotopic (exact) mass is 339 g/mol. The van der Waals surface area contributed by atoms with E-state index < -0.39 is 0 Å². The molecule has 3 rings (SSSR count). The number of hydrogen-bond donors (Lipinski definition) is 1. The van der Waals surface area contributed by atoms with E-state index in [0.717, 1.165) is 18.8 Å². The Morgan fingerprint density at radius 2 is 1.46 bits per heavy atom. The van der Waals surface area contributed by atoms with Crippen LogP contribution >= 0.6 is 0 Å². The third-order valence-electron chi connectivity index (χ3n) is 3.55. The Balaban J connectivity index is 0.00000208. The maximum Gasteiger partial charge on any atom is 0.119 e. The van der Waals surface area contributed by atoms with Crippen LogP contribution in [0.4, 0.5) is 0 Å². The molecule has 1 aromatic heterocycles. The highest BCUT2D eigenvalue weighted by Gasteiger charge is 1.98. The van der Waals surface area contributed by atoms with E-state index in [1.54, 1.807) is 6.20 Å². The van der Waals surface area contributed by atoms with E-state index >= 15 is 0 Å². The van der Waals surface area contributed by atoms with Crippen molar-refractivity contribution in [3.63, 3.8) is 0 Å². The Bertz CT molecular complexity index is 703. The standard InChI is InChI=1S/C20H20N2O.ClH/c1-2-5-18(6-3-1)16-23-20-10-8-17(9-11-20)13-22-15-19-7-4-12-21-14-19;/h1-12,14,22H,13,15-16H2;1H/p-1. The zero-order valence-electron chi connectivity index (χ0n) is 13.4. The van der Waals surface area contributed by atoms with Crippen molar-refractivity contribution in [3.8, 4) is 5.75 Å². The molecule has 0 aliphatic heterocycles. The number of aromatic nitrogens is 1. The lowest BCUT2D eigenvalue weighted by Crippen LogP contribution is -3.00. The van der Waals surface area contributed by atoms with Crippen molar-refractivity contribution >= 4 is 0 Å². The van der Waals surface area contributed by atoms with E-state index in [4.69, 9.17) is 4.74 Å². The molecule has 1 N–H and O–H groups in total. The Kier molecular flexibility index (Phi) is 7.27. The van der Waals surface area contributed by atoms with Gasteiger partial charge in [0.25, 0.3) is 0 Å². The summed E-state index contributed by atoms with van der Waals surface area (Å²) in [5.74, 6) is 0.893. The van der Waals surface area contributed by atoms with Crippen molar-refractivity contribution in [2.45, 2.75) is 19.7 Å². The SMILES string of the molecule is [Cl-].c1ccc(COc2ccc(CNCc3cccnc3)cc2)cc1. The summed E-state index contributed by atoms with van der Waals surface area (Å²) in [6.07, 6.45) is 3.67. The molecule has 3 nitrogen and oxygen atoms in total. The minimum absolute atomic E-state index is 0. The van der Waals surface area contributed by atoms with E-state index in [2.05, 4.69) is 40.6 Å². The van der Waals surface area contributed by atoms with Gasteiger partial charge in [0.05, 0.1) is 0 Å². The molecule has 0 saturated heterocycles. The minimum atomic E-state index is 0. The summed E-state index contributed by atoms with van der Waals surface area (Å²) in [6.45, 7) is 2.24. The Labute approximate surface area is 149 Å². The van der Waals surface area contributed by atoms with E-state index in [9.17, 15) is 0 Å². The lowest BCUT2D eigenvalue weighted by atomic mass is 10.2. The number of nitrogens with zero attached hydrogens (tertiary/aromatic N) is 1. The Hall–Kier alpha value is -2.36. The largest absolute Gasteiger partial charge is 1.00 e. The van der Waals surface area contributed by atoms with E-state index in [1.807, 2.05) is 42.6 Å². The Morgan fingerprint density at radius 3 is 2.17 bits per heavy atom. The van der Waals surface area contributed by atoms with Gasteiger partial charge >= 0.3 is 0 Å². The fourth-order valence-corrected chi connectivity index (χ4v) is 2.30. The highest BCUT2D eigenvalue weighted by molar-refractivity contribution is 5.27. The maximum absolute atomic E-state index is 5.79. The van der Waals surface area contributed by atoms with Crippen molar-refractivity contribution in [2.24, 2.45) is 0 Å². The Morgan fingerprint density at radius 1 is 0.750 bits per heavy atom. The molecule has 4 heteroatoms. The predicted octanol–water partition coefficient (Wildman–Crippen LogP) is 0.954. The summed E-state index contributed by atoms with van der Waals surface area (Å²) in [5, 5.41) is 3.41. The fourth-order valence-electron chi connectivity index (χ4n) is 2.30. The summed E-state index contributed by atoms with van der Waals surface area (Å²) in [6, 6.07) is 22.4. The third-order valence-corrected chi connectivity index (χ3v) is 3.55. The second kappa shape index (κ2) is 9.71. The van der Waals surface area contributed by atoms with Crippen LogP contribution in [0.2, 0.25) is 0 Å². The molecular weight excluding hydrogens is 320 g/mol. The van der Waals surface area contributed by atoms with Crippen molar-refractivity contribution < 1.29 is 17.1 Å². The third kappa shape index (κ3) is 5.69. The number of rotatable bonds is 7. The number of benzene rings is 2. The number of halogens is 1. The normalized spacial score (nSPS) is 10.0. The van der Waals surface area contributed by atoms with Gasteiger partial charge in [-0.05, 0) is 34.9 Å². The first-order valence-electron chi connectivity index (χ1n) is 7.75. The molecule has 3 aromatic rings. The van der Waals surface area contributed by atoms with Gasteiger partial charge in [-0.25, -0.2) is 0 Å². The van der Waals surface area contributed by atoms with Gasteiger partial charge in [0.15, 0.2) is 0 Å². The second-order valence-corrected chi connectivity index (χ2v) is 5.38. The molecule has 0 atom stereocenters. The number of ether oxygens (including phenoxy) is 1. The molecule has 0 bridgehead atoms. The van der Waals surface area contributed by atoms with Crippen molar-refractivity contribution in [1.29, 1.82) is 0 Å². The molecule has 1 heterocycles. The molecule has 0 saturated carbocycles. The molecule has 124 valence electrons. The van der Waals surface area contributed by atoms with Crippen LogP contribution in [-0.4, -0.2) is 4.98 Å². The van der Waals surface area contributed by atoms with Crippen LogP contribution in [0.25, 0.3) is 0 Å². The first-order valence-corrected chi connectivity index (χ1v) is 7.75. The van der Waals surface area contributed by atoms with Crippen molar-refractivity contribution in [2.75, 3.05) is 0 Å². The number of nitrogens with one attached hydrogen (secondary N) is 1. The summed E-state index contributed by atoms with van der Waals surface area (Å²) < 4.78 is 5.79. The molecule has 0 fully saturated rings. The second-order valence-electron chi connectivity index (χ2n) is 5.38. The van der Waals surface area contributed by atoms with Gasteiger partial charge in [0.1, 0.15) is 12.4 Å². The lowest BCUT2D eigenvalue weighted by molar-refractivity contribution is -0.00000506. The van der Waals surface area contributed by atoms with Crippen LogP contribution < -0.4 is 22.5 Å². The molecule has 0 aliphatic rings. The summed E-state index contributed by atoms with van der Waals surface area (Å²) >= 11 is 0. The highest BCUT2D eigenvalue weighted by atomic mass is 35.5. The highest BCUT2D eigenvalue weighted by Crippen LogP contribution is 2.14. The van der Waals surface area contributed by atoms with E-state index in [-0.39, 0.29) is 12.4 Å². The molecule has 0 aliphatic carbocycles. The van der Waals surface area contributed by atoms with Gasteiger partial charge in [-0.2, -0.15) is 0 Å². The minimum Gasteiger partial charge on any atom is -1.00 e. The van der Waals surface area contributed by atoms with Gasteiger partial charge in [0.2, 0.25) is 0 Å². The van der Waals surface area contributed by atoms with E-state index in [1.165, 1.54) is 16.7 Å². The van der Waals surface area contributed by atoms with Crippen LogP contribution in [0.15, 0.2) is 79.1 Å². The van der Waals surface area contributed by atoms with Gasteiger partial charge in [0, 0.05) is 25.5 Å². The predicted molar refractivity (Wildman–Crippen MR) is 92.0 cm³/mol. The van der Waals surface area contributed by atoms with Crippen LogP contribution in [0.5, 0.6) is 5.75 Å². The van der Waals surface area contributed by atoms with Crippen LogP contribution in [0.1, 0.15) is 16.7 Å². The van der Waals surface area contributed by atoms with Gasteiger partial charge < -0.3 is 22.5 Å². The fraction of sp³-hybridized carbons (Fsp3) is 0.150. The molecule has 0 amide bonds. The average molecular weight is 340 g/mol. The molecule has 0 spiro atoms. The van der Waals surface area contributed by atoms with Crippen molar-refractivity contribution in [3.05, 3.63) is 95.8 Å². The summed E-state index contributed by atoms with van der Waals surface area (Å²) in [5.41, 5.74) is 3.60. The van der Waals surface area contributed by atoms with Gasteiger partial charge in [-0.1, -0.05) is 48.5 Å². The van der Waals surface area contributed by atoms with Crippen molar-refractivity contribution in [1.82, 2.24) is 10.3 Å². The summed E-state index contributed by atoms with van der Waals surface area (Å²) in [7, 11) is 0. The first kappa shape index (κ1) is 18.0. The maximum atomic E-state index is 5.79. The average Bonchev–Trinajstić information content (AvgIpc) is 2.63. The topological polar surface area (TPSA) is 34.1 Å². The van der Waals surface area contributed by atoms with E-state index in [0.29, 0.717) is 6.61 Å². The van der Waals surface area contributed by atoms with Crippen LogP contribution in [-0.2, 0) is 19.7 Å². The van der Waals surface area contributed by atoms with Crippen LogP contribution in [0, 0.1) is 0 Å². The lowest BCUT2D eigenvalue weighted by Gasteiger charge is -2.08. The van der Waals surface area contributed by atoms with Gasteiger partial charge in [-0.3, -0.25) is 4.98 Å². The van der Waals surface area contributed by atoms with Crippen LogP contribution in [0.3, 0.4) is 0 Å². The first-order chi connectivity index (χ1) is 11.4. The molecule has 2 aromatic carbocycles. The molecule has 0 unspecified atom stereocenters. The summed E-state index contributed by atoms with van der Waals surface area (Å²) in [4.78, 5) is 4.11. The zero-order valence-corrected chi connectivity index (χ0v) is 14.1. The molecule has 0 radical (unpaired) electrons. The number of pyridine rings is 1. The molecular formula is C20H20ClN2O-. The smallest absolute Gasteiger partial charge is 0.119 e. The van der Waals surface area contributed by atoms with Gasteiger partial charge in [-0.15, -0.1) is 0 Å². The zero-order chi connectivity index (χ0) is 15.7. The number of hydrogen-bond acceptors (Lipinski definition) is 3. The quantitative estimate of drug-likeness (QED) is 0.696.